The third-order valence-corrected chi connectivity index (χ3v) is 2.41. The SMILES string of the molecule is O=C(O)c1ccc2c(O)ccc([N+](=O)[O-])c2c1. The lowest BCUT2D eigenvalue weighted by Gasteiger charge is -2.03. The van der Waals surface area contributed by atoms with Crippen molar-refractivity contribution in [2.24, 2.45) is 0 Å². The van der Waals surface area contributed by atoms with Crippen LogP contribution in [0.15, 0.2) is 30.3 Å². The first kappa shape index (κ1) is 10.9. The highest BCUT2D eigenvalue weighted by Crippen LogP contribution is 2.32. The number of carboxylic acid groups (broad SMARTS) is 1. The van der Waals surface area contributed by atoms with E-state index in [0.29, 0.717) is 0 Å². The summed E-state index contributed by atoms with van der Waals surface area (Å²) in [6.07, 6.45) is 0. The molecule has 0 unspecified atom stereocenters. The van der Waals surface area contributed by atoms with Crippen LogP contribution in [0.5, 0.6) is 5.75 Å². The van der Waals surface area contributed by atoms with Gasteiger partial charge in [-0.05, 0) is 24.3 Å². The number of phenolic OH excluding ortho intramolecular Hbond substituents is 1. The van der Waals surface area contributed by atoms with E-state index >= 15 is 0 Å². The molecule has 0 aromatic heterocycles. The van der Waals surface area contributed by atoms with Gasteiger partial charge in [0.15, 0.2) is 0 Å². The van der Waals surface area contributed by atoms with Gasteiger partial charge in [-0.3, -0.25) is 10.1 Å². The van der Waals surface area contributed by atoms with Gasteiger partial charge in [0.1, 0.15) is 5.75 Å². The van der Waals surface area contributed by atoms with E-state index in [4.69, 9.17) is 5.11 Å². The average molecular weight is 233 g/mol. The molecule has 0 atom stereocenters. The van der Waals surface area contributed by atoms with Gasteiger partial charge in [0.25, 0.3) is 5.69 Å². The van der Waals surface area contributed by atoms with Crippen LogP contribution in [0.1, 0.15) is 10.4 Å². The van der Waals surface area contributed by atoms with Crippen molar-refractivity contribution in [2.75, 3.05) is 0 Å². The molecule has 0 fully saturated rings. The zero-order chi connectivity index (χ0) is 12.6. The number of fused-ring (bicyclic) bond motifs is 1. The van der Waals surface area contributed by atoms with Crippen molar-refractivity contribution in [1.82, 2.24) is 0 Å². The number of benzene rings is 2. The van der Waals surface area contributed by atoms with Crippen LogP contribution in [-0.2, 0) is 0 Å². The standard InChI is InChI=1S/C11H7NO5/c13-10-4-3-9(12(16)17)8-5-6(11(14)15)1-2-7(8)10/h1-5,13H,(H,14,15). The Kier molecular flexibility index (Phi) is 2.40. The molecule has 0 aliphatic heterocycles. The fraction of sp³-hybridized carbons (Fsp3) is 0. The van der Waals surface area contributed by atoms with E-state index in [0.717, 1.165) is 6.07 Å². The summed E-state index contributed by atoms with van der Waals surface area (Å²) in [7, 11) is 0. The molecule has 0 aliphatic rings. The third kappa shape index (κ3) is 1.76. The van der Waals surface area contributed by atoms with Crippen molar-refractivity contribution >= 4 is 22.4 Å². The van der Waals surface area contributed by atoms with Crippen LogP contribution in [0.25, 0.3) is 10.8 Å². The van der Waals surface area contributed by atoms with Gasteiger partial charge >= 0.3 is 5.97 Å². The monoisotopic (exact) mass is 233 g/mol. The topological polar surface area (TPSA) is 101 Å². The van der Waals surface area contributed by atoms with E-state index in [1.807, 2.05) is 0 Å². The predicted molar refractivity (Wildman–Crippen MR) is 59.2 cm³/mol. The smallest absolute Gasteiger partial charge is 0.335 e. The number of rotatable bonds is 2. The molecule has 6 heteroatoms. The number of aromatic hydroxyl groups is 1. The Hall–Kier alpha value is -2.63. The van der Waals surface area contributed by atoms with Crippen LogP contribution in [0.2, 0.25) is 0 Å². The van der Waals surface area contributed by atoms with Gasteiger partial charge in [0.05, 0.1) is 15.9 Å². The van der Waals surface area contributed by atoms with E-state index in [1.165, 1.54) is 24.3 Å². The molecule has 2 rings (SSSR count). The maximum Gasteiger partial charge on any atom is 0.335 e. The summed E-state index contributed by atoms with van der Waals surface area (Å²) in [4.78, 5) is 20.9. The summed E-state index contributed by atoms with van der Waals surface area (Å²) in [5.41, 5.74) is -0.299. The lowest BCUT2D eigenvalue weighted by atomic mass is 10.0. The number of nitro groups is 1. The molecule has 0 amide bonds. The Morgan fingerprint density at radius 3 is 2.47 bits per heavy atom. The molecular formula is C11H7NO5. The first-order valence-corrected chi connectivity index (χ1v) is 4.64. The van der Waals surface area contributed by atoms with Gasteiger partial charge in [0, 0.05) is 11.5 Å². The third-order valence-electron chi connectivity index (χ3n) is 2.41. The van der Waals surface area contributed by atoms with Crippen LogP contribution < -0.4 is 0 Å². The minimum Gasteiger partial charge on any atom is -0.507 e. The van der Waals surface area contributed by atoms with E-state index in [9.17, 15) is 20.0 Å². The number of non-ortho nitro benzene ring substituents is 1. The first-order chi connectivity index (χ1) is 8.00. The number of carboxylic acids is 1. The highest BCUT2D eigenvalue weighted by atomic mass is 16.6. The quantitative estimate of drug-likeness (QED) is 0.611. The van der Waals surface area contributed by atoms with Crippen LogP contribution in [0.3, 0.4) is 0 Å². The Morgan fingerprint density at radius 1 is 1.18 bits per heavy atom. The van der Waals surface area contributed by atoms with Gasteiger partial charge in [-0.25, -0.2) is 4.79 Å². The molecule has 0 aliphatic carbocycles. The largest absolute Gasteiger partial charge is 0.507 e. The molecule has 0 saturated heterocycles. The van der Waals surface area contributed by atoms with Crippen LogP contribution in [0.4, 0.5) is 5.69 Å². The summed E-state index contributed by atoms with van der Waals surface area (Å²) >= 11 is 0. The summed E-state index contributed by atoms with van der Waals surface area (Å²) in [5, 5.41) is 29.5. The summed E-state index contributed by atoms with van der Waals surface area (Å²) in [6.45, 7) is 0. The summed E-state index contributed by atoms with van der Waals surface area (Å²) in [6, 6.07) is 6.16. The van der Waals surface area contributed by atoms with E-state index < -0.39 is 10.9 Å². The van der Waals surface area contributed by atoms with E-state index in [2.05, 4.69) is 0 Å². The highest BCUT2D eigenvalue weighted by molar-refractivity contribution is 6.00. The van der Waals surface area contributed by atoms with Gasteiger partial charge in [-0.2, -0.15) is 0 Å². The van der Waals surface area contributed by atoms with Crippen LogP contribution >= 0.6 is 0 Å². The second-order valence-corrected chi connectivity index (χ2v) is 3.43. The Labute approximate surface area is 94.9 Å². The van der Waals surface area contributed by atoms with Crippen molar-refractivity contribution in [3.05, 3.63) is 46.0 Å². The zero-order valence-electron chi connectivity index (χ0n) is 8.45. The number of carbonyl (C=O) groups is 1. The number of phenols is 1. The molecule has 0 saturated carbocycles. The number of hydrogen-bond acceptors (Lipinski definition) is 4. The van der Waals surface area contributed by atoms with Gasteiger partial charge < -0.3 is 10.2 Å². The van der Waals surface area contributed by atoms with E-state index in [1.54, 1.807) is 0 Å². The molecular weight excluding hydrogens is 226 g/mol. The number of aromatic carboxylic acids is 1. The maximum absolute atomic E-state index is 10.8. The van der Waals surface area contributed by atoms with Crippen LogP contribution in [-0.4, -0.2) is 21.1 Å². The van der Waals surface area contributed by atoms with Gasteiger partial charge in [-0.1, -0.05) is 0 Å². The molecule has 86 valence electrons. The molecule has 2 N–H and O–H groups in total. The molecule has 0 heterocycles. The Balaban J connectivity index is 2.85. The molecule has 0 spiro atoms. The molecule has 17 heavy (non-hydrogen) atoms. The van der Waals surface area contributed by atoms with Gasteiger partial charge in [-0.15, -0.1) is 0 Å². The van der Waals surface area contributed by atoms with Crippen molar-refractivity contribution in [3.8, 4) is 5.75 Å². The molecule has 2 aromatic carbocycles. The van der Waals surface area contributed by atoms with Crippen molar-refractivity contribution in [2.45, 2.75) is 0 Å². The molecule has 0 bridgehead atoms. The Bertz CT molecular complexity index is 635. The molecule has 6 nitrogen and oxygen atoms in total. The summed E-state index contributed by atoms with van der Waals surface area (Å²) in [5.74, 6) is -1.30. The van der Waals surface area contributed by atoms with Crippen molar-refractivity contribution < 1.29 is 19.9 Å². The highest BCUT2D eigenvalue weighted by Gasteiger charge is 2.16. The van der Waals surface area contributed by atoms with Gasteiger partial charge in [0.2, 0.25) is 0 Å². The lowest BCUT2D eigenvalue weighted by Crippen LogP contribution is -1.97. The fourth-order valence-corrected chi connectivity index (χ4v) is 1.61. The first-order valence-electron chi connectivity index (χ1n) is 4.64. The van der Waals surface area contributed by atoms with Crippen molar-refractivity contribution in [3.63, 3.8) is 0 Å². The number of hydrogen-bond donors (Lipinski definition) is 2. The normalized spacial score (nSPS) is 10.4. The summed E-state index contributed by atoms with van der Waals surface area (Å²) < 4.78 is 0. The van der Waals surface area contributed by atoms with E-state index in [-0.39, 0.29) is 27.8 Å². The minimum absolute atomic E-state index is 0.0637. The predicted octanol–water partition coefficient (Wildman–Crippen LogP) is 2.15. The van der Waals surface area contributed by atoms with Crippen molar-refractivity contribution in [1.29, 1.82) is 0 Å². The second-order valence-electron chi connectivity index (χ2n) is 3.43. The number of nitro benzene ring substituents is 1. The number of nitrogens with zero attached hydrogens (tertiary/aromatic N) is 1. The molecule has 0 radical (unpaired) electrons. The Morgan fingerprint density at radius 2 is 1.88 bits per heavy atom. The molecule has 2 aromatic rings. The average Bonchev–Trinajstić information content (AvgIpc) is 2.28. The fourth-order valence-electron chi connectivity index (χ4n) is 1.61. The lowest BCUT2D eigenvalue weighted by molar-refractivity contribution is -0.383. The second kappa shape index (κ2) is 3.75. The maximum atomic E-state index is 10.8. The zero-order valence-corrected chi connectivity index (χ0v) is 8.45. The minimum atomic E-state index is -1.18. The van der Waals surface area contributed by atoms with Crippen LogP contribution in [0, 0.1) is 10.1 Å².